The first-order valence-corrected chi connectivity index (χ1v) is 9.18. The number of nitrogens with zero attached hydrogens (tertiary/aromatic N) is 1. The van der Waals surface area contributed by atoms with Crippen LogP contribution >= 0.6 is 0 Å². The van der Waals surface area contributed by atoms with E-state index >= 15 is 0 Å². The number of amides is 1. The summed E-state index contributed by atoms with van der Waals surface area (Å²) in [5, 5.41) is 2.95. The van der Waals surface area contributed by atoms with Crippen LogP contribution in [0.25, 0.3) is 0 Å². The molecule has 1 amide bonds. The molecule has 152 valence electrons. The highest BCUT2D eigenvalue weighted by atomic mass is 16.5. The topological polar surface area (TPSA) is 60.0 Å². The van der Waals surface area contributed by atoms with Crippen molar-refractivity contribution in [3.05, 3.63) is 52.6 Å². The van der Waals surface area contributed by atoms with Crippen LogP contribution in [0.15, 0.2) is 30.3 Å². The van der Waals surface area contributed by atoms with Gasteiger partial charge in [-0.2, -0.15) is 0 Å². The quantitative estimate of drug-likeness (QED) is 0.718. The number of nitrogens with one attached hydrogen (secondary N) is 1. The van der Waals surface area contributed by atoms with E-state index in [0.29, 0.717) is 30.3 Å². The monoisotopic (exact) mass is 386 g/mol. The fraction of sp³-hybridized carbons (Fsp3) is 0.409. The summed E-state index contributed by atoms with van der Waals surface area (Å²) < 4.78 is 16.0. The molecule has 0 aromatic heterocycles. The second-order valence-corrected chi connectivity index (χ2v) is 6.91. The normalized spacial score (nSPS) is 10.7. The first-order chi connectivity index (χ1) is 13.4. The number of rotatable bonds is 9. The molecule has 0 heterocycles. The fourth-order valence-electron chi connectivity index (χ4n) is 3.11. The summed E-state index contributed by atoms with van der Waals surface area (Å²) in [7, 11) is 6.65. The zero-order chi connectivity index (χ0) is 20.7. The van der Waals surface area contributed by atoms with Crippen LogP contribution in [0.1, 0.15) is 22.3 Å². The van der Waals surface area contributed by atoms with Crippen molar-refractivity contribution in [2.75, 3.05) is 34.9 Å². The summed E-state index contributed by atoms with van der Waals surface area (Å²) in [4.78, 5) is 14.4. The van der Waals surface area contributed by atoms with Crippen LogP contribution < -0.4 is 19.5 Å². The van der Waals surface area contributed by atoms with Crippen LogP contribution in [0.4, 0.5) is 0 Å². The largest absolute Gasteiger partial charge is 0.493 e. The maximum Gasteiger partial charge on any atom is 0.234 e. The molecule has 0 aliphatic carbocycles. The van der Waals surface area contributed by atoms with E-state index in [1.54, 1.807) is 21.3 Å². The van der Waals surface area contributed by atoms with Gasteiger partial charge in [0, 0.05) is 13.1 Å². The molecule has 0 spiro atoms. The number of methoxy groups -OCH3 is 3. The van der Waals surface area contributed by atoms with Crippen molar-refractivity contribution >= 4 is 5.91 Å². The molecule has 0 bridgehead atoms. The molecule has 0 radical (unpaired) electrons. The van der Waals surface area contributed by atoms with E-state index in [0.717, 1.165) is 12.1 Å². The average Bonchev–Trinajstić information content (AvgIpc) is 2.67. The molecule has 0 saturated heterocycles. The molecule has 1 N–H and O–H groups in total. The summed E-state index contributed by atoms with van der Waals surface area (Å²) >= 11 is 0. The Morgan fingerprint density at radius 3 is 2.18 bits per heavy atom. The maximum atomic E-state index is 12.3. The zero-order valence-electron chi connectivity index (χ0n) is 17.6. The van der Waals surface area contributed by atoms with Gasteiger partial charge in [0.15, 0.2) is 11.5 Å². The number of hydrogen-bond donors (Lipinski definition) is 1. The summed E-state index contributed by atoms with van der Waals surface area (Å²) in [6.45, 7) is 5.60. The van der Waals surface area contributed by atoms with Gasteiger partial charge in [-0.05, 0) is 49.7 Å². The molecule has 6 nitrogen and oxygen atoms in total. The molecular formula is C22H30N2O4. The Hall–Kier alpha value is -2.73. The Morgan fingerprint density at radius 1 is 1.00 bits per heavy atom. The number of ether oxygens (including phenoxy) is 3. The van der Waals surface area contributed by atoms with E-state index < -0.39 is 0 Å². The van der Waals surface area contributed by atoms with Gasteiger partial charge in [-0.1, -0.05) is 23.8 Å². The molecule has 0 atom stereocenters. The summed E-state index contributed by atoms with van der Waals surface area (Å²) in [6.07, 6.45) is 0. The van der Waals surface area contributed by atoms with Crippen LogP contribution in [0.5, 0.6) is 17.2 Å². The van der Waals surface area contributed by atoms with E-state index in [4.69, 9.17) is 14.2 Å². The van der Waals surface area contributed by atoms with E-state index in [9.17, 15) is 4.79 Å². The number of likely N-dealkylation sites (N-methyl/N-ethyl adjacent to an activating group) is 1. The van der Waals surface area contributed by atoms with Gasteiger partial charge < -0.3 is 19.5 Å². The van der Waals surface area contributed by atoms with E-state index in [-0.39, 0.29) is 5.91 Å². The highest BCUT2D eigenvalue weighted by molar-refractivity contribution is 5.78. The van der Waals surface area contributed by atoms with Gasteiger partial charge in [0.25, 0.3) is 0 Å². The minimum Gasteiger partial charge on any atom is -0.493 e. The number of hydrogen-bond acceptors (Lipinski definition) is 5. The Labute approximate surface area is 167 Å². The second-order valence-electron chi connectivity index (χ2n) is 6.91. The van der Waals surface area contributed by atoms with Crippen LogP contribution in [-0.2, 0) is 17.9 Å². The van der Waals surface area contributed by atoms with Crippen molar-refractivity contribution in [2.24, 2.45) is 0 Å². The SMILES string of the molecule is COc1cc(CNC(=O)CN(C)Cc2ccc(C)cc2C)cc(OC)c1OC. The van der Waals surface area contributed by atoms with Crippen LogP contribution in [0.2, 0.25) is 0 Å². The molecule has 6 heteroatoms. The van der Waals surface area contributed by atoms with Crippen LogP contribution in [0.3, 0.4) is 0 Å². The van der Waals surface area contributed by atoms with Gasteiger partial charge in [-0.25, -0.2) is 0 Å². The lowest BCUT2D eigenvalue weighted by molar-refractivity contribution is -0.122. The maximum absolute atomic E-state index is 12.3. The van der Waals surface area contributed by atoms with E-state index in [1.165, 1.54) is 16.7 Å². The van der Waals surface area contributed by atoms with Crippen LogP contribution in [-0.4, -0.2) is 45.7 Å². The van der Waals surface area contributed by atoms with Gasteiger partial charge in [0.2, 0.25) is 11.7 Å². The second kappa shape index (κ2) is 9.99. The van der Waals surface area contributed by atoms with E-state index in [2.05, 4.69) is 37.4 Å². The molecule has 28 heavy (non-hydrogen) atoms. The number of aryl methyl sites for hydroxylation is 2. The minimum atomic E-state index is -0.0407. The van der Waals surface area contributed by atoms with Crippen molar-refractivity contribution in [3.63, 3.8) is 0 Å². The van der Waals surface area contributed by atoms with Gasteiger partial charge in [0.05, 0.1) is 27.9 Å². The Bertz CT molecular complexity index is 795. The third kappa shape index (κ3) is 5.63. The molecule has 0 fully saturated rings. The number of carbonyl (C=O) groups excluding carboxylic acids is 1. The molecular weight excluding hydrogens is 356 g/mol. The third-order valence-corrected chi connectivity index (χ3v) is 4.57. The standard InChI is InChI=1S/C22H30N2O4/c1-15-7-8-18(16(2)9-15)13-24(3)14-21(25)23-12-17-10-19(26-4)22(28-6)20(11-17)27-5/h7-11H,12-14H2,1-6H3,(H,23,25). The molecule has 0 aliphatic heterocycles. The van der Waals surface area contributed by atoms with Gasteiger partial charge in [0.1, 0.15) is 0 Å². The smallest absolute Gasteiger partial charge is 0.234 e. The number of benzene rings is 2. The first-order valence-electron chi connectivity index (χ1n) is 9.18. The summed E-state index contributed by atoms with van der Waals surface area (Å²) in [5.74, 6) is 1.63. The predicted octanol–water partition coefficient (Wildman–Crippen LogP) is 3.08. The van der Waals surface area contributed by atoms with Crippen molar-refractivity contribution in [1.29, 1.82) is 0 Å². The lowest BCUT2D eigenvalue weighted by atomic mass is 10.1. The Kier molecular flexibility index (Phi) is 7.70. The first kappa shape index (κ1) is 21.6. The third-order valence-electron chi connectivity index (χ3n) is 4.57. The summed E-state index contributed by atoms with van der Waals surface area (Å²) in [6, 6.07) is 10.0. The molecule has 0 unspecified atom stereocenters. The molecule has 2 aromatic rings. The molecule has 0 saturated carbocycles. The minimum absolute atomic E-state index is 0.0407. The van der Waals surface area contributed by atoms with Gasteiger partial charge in [-0.15, -0.1) is 0 Å². The van der Waals surface area contributed by atoms with Crippen molar-refractivity contribution in [3.8, 4) is 17.2 Å². The molecule has 2 rings (SSSR count). The number of carbonyl (C=O) groups is 1. The lowest BCUT2D eigenvalue weighted by Crippen LogP contribution is -2.34. The summed E-state index contributed by atoms with van der Waals surface area (Å²) in [5.41, 5.74) is 4.59. The predicted molar refractivity (Wildman–Crippen MR) is 110 cm³/mol. The van der Waals surface area contributed by atoms with Crippen molar-refractivity contribution < 1.29 is 19.0 Å². The zero-order valence-corrected chi connectivity index (χ0v) is 17.6. The van der Waals surface area contributed by atoms with Gasteiger partial charge in [-0.3, -0.25) is 9.69 Å². The van der Waals surface area contributed by atoms with E-state index in [1.807, 2.05) is 24.1 Å². The van der Waals surface area contributed by atoms with Gasteiger partial charge >= 0.3 is 0 Å². The highest BCUT2D eigenvalue weighted by Crippen LogP contribution is 2.38. The highest BCUT2D eigenvalue weighted by Gasteiger charge is 2.14. The lowest BCUT2D eigenvalue weighted by Gasteiger charge is -2.18. The average molecular weight is 386 g/mol. The van der Waals surface area contributed by atoms with Crippen molar-refractivity contribution in [2.45, 2.75) is 26.9 Å². The Morgan fingerprint density at radius 2 is 1.64 bits per heavy atom. The van der Waals surface area contributed by atoms with Crippen LogP contribution in [0, 0.1) is 13.8 Å². The molecule has 0 aliphatic rings. The fourth-order valence-corrected chi connectivity index (χ4v) is 3.11. The molecule has 2 aromatic carbocycles. The van der Waals surface area contributed by atoms with Crippen molar-refractivity contribution in [1.82, 2.24) is 10.2 Å². The Balaban J connectivity index is 1.94.